The molecule has 0 radical (unpaired) electrons. The van der Waals surface area contributed by atoms with Gasteiger partial charge in [-0.15, -0.1) is 0 Å². The van der Waals surface area contributed by atoms with E-state index in [1.54, 1.807) is 18.2 Å². The van der Waals surface area contributed by atoms with E-state index in [4.69, 9.17) is 18.9 Å². The minimum absolute atomic E-state index is 0.0195. The van der Waals surface area contributed by atoms with Gasteiger partial charge < -0.3 is 23.7 Å². The molecule has 2 atom stereocenters. The van der Waals surface area contributed by atoms with Crippen molar-refractivity contribution in [2.24, 2.45) is 11.8 Å². The molecule has 38 heavy (non-hydrogen) atoms. The van der Waals surface area contributed by atoms with Crippen LogP contribution in [-0.2, 0) is 4.74 Å². The number of H-pyrrole nitrogens is 1. The predicted molar refractivity (Wildman–Crippen MR) is 141 cm³/mol. The number of aromatic nitrogens is 2. The van der Waals surface area contributed by atoms with Crippen molar-refractivity contribution in [3.05, 3.63) is 64.3 Å². The van der Waals surface area contributed by atoms with Crippen molar-refractivity contribution in [2.45, 2.75) is 37.7 Å². The molecule has 5 heterocycles. The Labute approximate surface area is 220 Å². The summed E-state index contributed by atoms with van der Waals surface area (Å²) in [5.74, 6) is 1.57. The van der Waals surface area contributed by atoms with Gasteiger partial charge in [-0.05, 0) is 43.0 Å². The number of rotatable bonds is 6. The molecule has 1 saturated carbocycles. The second kappa shape index (κ2) is 9.31. The van der Waals surface area contributed by atoms with Gasteiger partial charge in [-0.3, -0.25) is 9.78 Å². The summed E-state index contributed by atoms with van der Waals surface area (Å²) < 4.78 is 16.9. The number of hydrogen-bond donors (Lipinski definition) is 1. The number of oxazole rings is 1. The number of aromatic amines is 1. The summed E-state index contributed by atoms with van der Waals surface area (Å²) >= 11 is 0. The highest BCUT2D eigenvalue weighted by Gasteiger charge is 2.42. The van der Waals surface area contributed by atoms with Crippen LogP contribution in [0, 0.1) is 11.8 Å². The lowest BCUT2D eigenvalue weighted by molar-refractivity contribution is 0.0233. The van der Waals surface area contributed by atoms with Crippen molar-refractivity contribution in [2.75, 3.05) is 39.4 Å². The number of nitrogens with zero attached hydrogens (tertiary/aromatic N) is 3. The summed E-state index contributed by atoms with van der Waals surface area (Å²) in [6, 6.07) is 7.36. The highest BCUT2D eigenvalue weighted by atomic mass is 16.5. The van der Waals surface area contributed by atoms with E-state index in [0.717, 1.165) is 56.3 Å². The number of pyridine rings is 1. The van der Waals surface area contributed by atoms with E-state index < -0.39 is 5.76 Å². The molecule has 1 amide bonds. The van der Waals surface area contributed by atoms with Crippen LogP contribution < -0.4 is 10.5 Å². The molecule has 1 N–H and O–H groups in total. The lowest BCUT2D eigenvalue weighted by atomic mass is 10.0. The Morgan fingerprint density at radius 2 is 1.74 bits per heavy atom. The predicted octanol–water partition coefficient (Wildman–Crippen LogP) is 3.63. The van der Waals surface area contributed by atoms with Crippen molar-refractivity contribution >= 4 is 22.7 Å². The van der Waals surface area contributed by atoms with E-state index in [-0.39, 0.29) is 12.0 Å². The Morgan fingerprint density at radius 3 is 2.47 bits per heavy atom. The zero-order valence-electron chi connectivity index (χ0n) is 21.4. The summed E-state index contributed by atoms with van der Waals surface area (Å²) in [5.41, 5.74) is 4.81. The van der Waals surface area contributed by atoms with Gasteiger partial charge in [0.15, 0.2) is 5.58 Å². The zero-order valence-corrected chi connectivity index (χ0v) is 21.4. The Hall–Kier alpha value is -3.59. The number of fused-ring (bicyclic) bond motifs is 2. The first-order chi connectivity index (χ1) is 18.5. The average molecular weight is 517 g/mol. The van der Waals surface area contributed by atoms with Gasteiger partial charge in [0.25, 0.3) is 5.91 Å². The van der Waals surface area contributed by atoms with Crippen LogP contribution in [0.25, 0.3) is 16.8 Å². The largest absolute Gasteiger partial charge is 0.474 e. The quantitative estimate of drug-likeness (QED) is 0.534. The number of amides is 1. The van der Waals surface area contributed by atoms with Crippen LogP contribution in [0.3, 0.4) is 0 Å². The Bertz CT molecular complexity index is 1440. The van der Waals surface area contributed by atoms with Crippen molar-refractivity contribution in [1.82, 2.24) is 19.8 Å². The molecule has 4 aliphatic rings. The van der Waals surface area contributed by atoms with Gasteiger partial charge in [-0.1, -0.05) is 6.58 Å². The minimum atomic E-state index is -0.512. The van der Waals surface area contributed by atoms with Crippen molar-refractivity contribution in [1.29, 1.82) is 0 Å². The van der Waals surface area contributed by atoms with Gasteiger partial charge >= 0.3 is 5.76 Å². The molecule has 4 fully saturated rings. The smallest absolute Gasteiger partial charge is 0.417 e. The van der Waals surface area contributed by atoms with Crippen LogP contribution >= 0.6 is 0 Å². The van der Waals surface area contributed by atoms with Gasteiger partial charge in [0, 0.05) is 79.4 Å². The van der Waals surface area contributed by atoms with Gasteiger partial charge in [-0.25, -0.2) is 9.78 Å². The maximum Gasteiger partial charge on any atom is 0.417 e. The lowest BCUT2D eigenvalue weighted by Crippen LogP contribution is -2.32. The first-order valence-electron chi connectivity index (χ1n) is 13.6. The van der Waals surface area contributed by atoms with Gasteiger partial charge in [0.05, 0.1) is 18.7 Å². The molecule has 1 aliphatic carbocycles. The molecular weight excluding hydrogens is 484 g/mol. The monoisotopic (exact) mass is 516 g/mol. The maximum absolute atomic E-state index is 13.2. The number of likely N-dealkylation sites (tertiary alicyclic amines) is 2. The van der Waals surface area contributed by atoms with E-state index in [0.29, 0.717) is 47.5 Å². The van der Waals surface area contributed by atoms with Crippen LogP contribution in [0.15, 0.2) is 46.3 Å². The summed E-state index contributed by atoms with van der Waals surface area (Å²) in [5, 5.41) is 0. The highest BCUT2D eigenvalue weighted by Crippen LogP contribution is 2.45. The maximum atomic E-state index is 13.2. The highest BCUT2D eigenvalue weighted by molar-refractivity contribution is 5.97. The molecule has 9 heteroatoms. The molecule has 2 aromatic heterocycles. The summed E-state index contributed by atoms with van der Waals surface area (Å²) in [7, 11) is 0. The summed E-state index contributed by atoms with van der Waals surface area (Å²) in [4.78, 5) is 36.3. The number of benzene rings is 1. The van der Waals surface area contributed by atoms with Crippen LogP contribution in [0.5, 0.6) is 5.88 Å². The van der Waals surface area contributed by atoms with Crippen LogP contribution in [-0.4, -0.2) is 71.2 Å². The molecule has 3 saturated heterocycles. The van der Waals surface area contributed by atoms with Crippen molar-refractivity contribution in [3.8, 4) is 5.88 Å². The minimum Gasteiger partial charge on any atom is -0.474 e. The Balaban J connectivity index is 1.01. The lowest BCUT2D eigenvalue weighted by Gasteiger charge is -2.26. The third kappa shape index (κ3) is 4.38. The van der Waals surface area contributed by atoms with Crippen LogP contribution in [0.1, 0.15) is 53.1 Å². The first kappa shape index (κ1) is 23.5. The van der Waals surface area contributed by atoms with E-state index in [2.05, 4.69) is 22.5 Å². The molecule has 3 aliphatic heterocycles. The molecule has 7 rings (SSSR count). The molecule has 3 aromatic rings. The SMILES string of the molecule is C=C(c1cnc(OC2CCOCC2)c(C2CC2)c1)N1CC2CN(C(=O)c3ccc4[nH]c(=O)oc4c3)CC2C1. The molecule has 0 spiro atoms. The van der Waals surface area contributed by atoms with Gasteiger partial charge in [0.2, 0.25) is 5.88 Å². The second-order valence-electron chi connectivity index (χ2n) is 11.1. The molecule has 0 bridgehead atoms. The van der Waals surface area contributed by atoms with Gasteiger partial charge in [-0.2, -0.15) is 0 Å². The van der Waals surface area contributed by atoms with E-state index in [1.165, 1.54) is 18.4 Å². The van der Waals surface area contributed by atoms with Crippen LogP contribution in [0.2, 0.25) is 0 Å². The van der Waals surface area contributed by atoms with Crippen molar-refractivity contribution in [3.63, 3.8) is 0 Å². The molecule has 1 aromatic carbocycles. The third-order valence-corrected chi connectivity index (χ3v) is 8.50. The molecule has 198 valence electrons. The fraction of sp³-hybridized carbons (Fsp3) is 0.483. The Kier molecular flexibility index (Phi) is 5.76. The van der Waals surface area contributed by atoms with Crippen molar-refractivity contribution < 1.29 is 18.7 Å². The number of carbonyl (C=O) groups is 1. The number of nitrogens with one attached hydrogen (secondary N) is 1. The van der Waals surface area contributed by atoms with E-state index >= 15 is 0 Å². The Morgan fingerprint density at radius 1 is 1.00 bits per heavy atom. The summed E-state index contributed by atoms with van der Waals surface area (Å²) in [6.07, 6.45) is 6.27. The standard InChI is InChI=1S/C29H32N4O5/c1-17(20-10-24(18-2-3-18)27(30-12-20)37-23-6-8-36-9-7-23)32-13-21-15-33(16-22(21)14-32)28(34)19-4-5-25-26(11-19)38-29(35)31-25/h4-5,10-12,18,21-23H,1-3,6-9,13-16H2,(H,31,35). The normalized spacial score (nSPS) is 23.7. The molecular formula is C29H32N4O5. The fourth-order valence-electron chi connectivity index (χ4n) is 6.19. The first-order valence-corrected chi connectivity index (χ1v) is 13.6. The number of carbonyl (C=O) groups excluding carboxylic acids is 1. The second-order valence-corrected chi connectivity index (χ2v) is 11.1. The van der Waals surface area contributed by atoms with E-state index in [1.807, 2.05) is 11.1 Å². The zero-order chi connectivity index (χ0) is 25.8. The molecule has 2 unspecified atom stereocenters. The number of hydrogen-bond acceptors (Lipinski definition) is 7. The summed E-state index contributed by atoms with van der Waals surface area (Å²) in [6.45, 7) is 9.11. The molecule has 9 nitrogen and oxygen atoms in total. The van der Waals surface area contributed by atoms with Gasteiger partial charge in [0.1, 0.15) is 6.10 Å². The third-order valence-electron chi connectivity index (χ3n) is 8.50. The fourth-order valence-corrected chi connectivity index (χ4v) is 6.19. The number of ether oxygens (including phenoxy) is 2. The van der Waals surface area contributed by atoms with Crippen LogP contribution in [0.4, 0.5) is 0 Å². The topological polar surface area (TPSA) is 101 Å². The van der Waals surface area contributed by atoms with E-state index in [9.17, 15) is 9.59 Å². The average Bonchev–Trinajstić information content (AvgIpc) is 3.41.